The normalized spacial score (nSPS) is 34.5. The van der Waals surface area contributed by atoms with E-state index in [1.54, 1.807) is 58.0 Å². The molecule has 4 rings (SSSR count). The molecular formula is C36H50O12. The van der Waals surface area contributed by atoms with E-state index < -0.39 is 101 Å². The van der Waals surface area contributed by atoms with Crippen LogP contribution in [0.15, 0.2) is 30.3 Å². The molecule has 2 saturated carbocycles. The van der Waals surface area contributed by atoms with Crippen molar-refractivity contribution in [2.75, 3.05) is 6.61 Å². The van der Waals surface area contributed by atoms with Crippen LogP contribution in [0.25, 0.3) is 0 Å². The Labute approximate surface area is 282 Å². The van der Waals surface area contributed by atoms with Gasteiger partial charge < -0.3 is 33.5 Å². The van der Waals surface area contributed by atoms with Crippen LogP contribution < -0.4 is 0 Å². The summed E-state index contributed by atoms with van der Waals surface area (Å²) in [7, 11) is 0. The van der Waals surface area contributed by atoms with Crippen molar-refractivity contribution in [1.82, 2.24) is 0 Å². The van der Waals surface area contributed by atoms with E-state index in [0.717, 1.165) is 0 Å². The summed E-state index contributed by atoms with van der Waals surface area (Å²) in [6, 6.07) is 8.24. The van der Waals surface area contributed by atoms with Crippen molar-refractivity contribution in [3.8, 4) is 0 Å². The molecule has 1 saturated heterocycles. The van der Waals surface area contributed by atoms with Gasteiger partial charge in [0, 0.05) is 26.2 Å². The Balaban J connectivity index is 2.07. The van der Waals surface area contributed by atoms with Crippen LogP contribution in [0.3, 0.4) is 0 Å². The largest absolute Gasteiger partial charge is 0.465 e. The van der Waals surface area contributed by atoms with Crippen LogP contribution in [0.4, 0.5) is 0 Å². The highest BCUT2D eigenvalue weighted by Gasteiger charge is 2.86. The molecule has 266 valence electrons. The van der Waals surface area contributed by atoms with Crippen molar-refractivity contribution >= 4 is 29.8 Å². The lowest BCUT2D eigenvalue weighted by atomic mass is 9.46. The van der Waals surface area contributed by atoms with E-state index >= 15 is 0 Å². The van der Waals surface area contributed by atoms with E-state index in [4.69, 9.17) is 28.4 Å². The van der Waals surface area contributed by atoms with Crippen molar-refractivity contribution in [2.45, 2.75) is 129 Å². The number of hydrogen-bond acceptors (Lipinski definition) is 12. The standard InChI is InChI=1S/C36H50O12/c1-10-20(3)30(39)45-26-18-34(9,42)36-28(44-23(6)38)25(33(7,8)48-36)17-27(46-32(41)24-15-13-12-14-16-24)35(36,19-43-22(5)37)29(26)47-31(40)21(4)11-2/h12-16,20-21,25-29,42H,10-11,17-19H2,1-9H3/t20-,21+,25+,26-,27-,28+,29-,34-,35+,36-/m0/s1. The lowest BCUT2D eigenvalue weighted by molar-refractivity contribution is -0.356. The smallest absolute Gasteiger partial charge is 0.338 e. The van der Waals surface area contributed by atoms with Crippen LogP contribution in [0.2, 0.25) is 0 Å². The van der Waals surface area contributed by atoms with Gasteiger partial charge in [-0.25, -0.2) is 4.79 Å². The van der Waals surface area contributed by atoms with Gasteiger partial charge in [-0.3, -0.25) is 19.2 Å². The molecule has 12 nitrogen and oxygen atoms in total. The summed E-state index contributed by atoms with van der Waals surface area (Å²) in [5.41, 5.74) is -6.85. The predicted molar refractivity (Wildman–Crippen MR) is 170 cm³/mol. The summed E-state index contributed by atoms with van der Waals surface area (Å²) in [5.74, 6) is -5.16. The molecule has 3 fully saturated rings. The lowest BCUT2D eigenvalue weighted by Crippen LogP contribution is -2.83. The Morgan fingerprint density at radius 2 is 1.44 bits per heavy atom. The summed E-state index contributed by atoms with van der Waals surface area (Å²) >= 11 is 0. The number of fused-ring (bicyclic) bond motifs is 1. The van der Waals surface area contributed by atoms with Gasteiger partial charge in [0.15, 0.2) is 11.7 Å². The Kier molecular flexibility index (Phi) is 10.7. The Morgan fingerprint density at radius 3 is 1.98 bits per heavy atom. The number of benzene rings is 1. The molecule has 1 heterocycles. The molecule has 1 aliphatic heterocycles. The SMILES string of the molecule is CC[C@@H](C)C(=O)O[C@H]1[C@@H](OC(=O)[C@@H](C)CC)C[C@](C)(O)[C@]23OC(C)(C)[C@H](C[C@H](OC(=O)c4ccccc4)[C@]12COC(C)=O)[C@H]3OC(C)=O. The molecule has 12 heteroatoms. The van der Waals surface area contributed by atoms with Crippen LogP contribution in [0, 0.1) is 23.2 Å². The first-order valence-corrected chi connectivity index (χ1v) is 16.8. The summed E-state index contributed by atoms with van der Waals surface area (Å²) < 4.78 is 37.4. The molecule has 48 heavy (non-hydrogen) atoms. The van der Waals surface area contributed by atoms with Crippen molar-refractivity contribution in [3.05, 3.63) is 35.9 Å². The van der Waals surface area contributed by atoms with Gasteiger partial charge in [-0.2, -0.15) is 0 Å². The van der Waals surface area contributed by atoms with Gasteiger partial charge in [-0.05, 0) is 52.2 Å². The molecule has 1 aromatic rings. The van der Waals surface area contributed by atoms with Crippen molar-refractivity contribution < 1.29 is 57.5 Å². The monoisotopic (exact) mass is 674 g/mol. The number of esters is 5. The average molecular weight is 675 g/mol. The number of carbonyl (C=O) groups excluding carboxylic acids is 5. The Bertz CT molecular complexity index is 1390. The first-order chi connectivity index (χ1) is 22.4. The molecule has 0 unspecified atom stereocenters. The minimum atomic E-state index is -2.01. The minimum Gasteiger partial charge on any atom is -0.465 e. The van der Waals surface area contributed by atoms with Gasteiger partial charge >= 0.3 is 29.8 Å². The van der Waals surface area contributed by atoms with Gasteiger partial charge in [-0.15, -0.1) is 0 Å². The van der Waals surface area contributed by atoms with Gasteiger partial charge in [0.2, 0.25) is 0 Å². The number of ether oxygens (including phenoxy) is 6. The molecule has 3 aliphatic rings. The molecule has 1 spiro atoms. The Hall–Kier alpha value is -3.51. The van der Waals surface area contributed by atoms with E-state index in [1.165, 1.54) is 20.8 Å². The van der Waals surface area contributed by atoms with Crippen molar-refractivity contribution in [1.29, 1.82) is 0 Å². The summed E-state index contributed by atoms with van der Waals surface area (Å²) in [4.78, 5) is 66.4. The second kappa shape index (κ2) is 13.8. The second-order valence-electron chi connectivity index (χ2n) is 14.3. The third kappa shape index (κ3) is 6.33. The van der Waals surface area contributed by atoms with E-state index in [1.807, 2.05) is 13.8 Å². The number of rotatable bonds is 11. The van der Waals surface area contributed by atoms with E-state index in [9.17, 15) is 29.1 Å². The summed E-state index contributed by atoms with van der Waals surface area (Å²) in [6.07, 6.45) is -4.71. The molecule has 0 amide bonds. The first kappa shape index (κ1) is 37.3. The quantitative estimate of drug-likeness (QED) is 0.262. The van der Waals surface area contributed by atoms with Gasteiger partial charge in [0.1, 0.15) is 30.3 Å². The molecule has 0 aromatic heterocycles. The summed E-state index contributed by atoms with van der Waals surface area (Å²) in [6.45, 7) is 13.8. The van der Waals surface area contributed by atoms with Crippen LogP contribution in [0.1, 0.15) is 98.4 Å². The maximum Gasteiger partial charge on any atom is 0.338 e. The molecule has 2 aliphatic carbocycles. The highest BCUT2D eigenvalue weighted by atomic mass is 16.6. The van der Waals surface area contributed by atoms with E-state index in [2.05, 4.69) is 0 Å². The Morgan fingerprint density at radius 1 is 0.854 bits per heavy atom. The average Bonchev–Trinajstić information content (AvgIpc) is 3.19. The molecule has 0 radical (unpaired) electrons. The topological polar surface area (TPSA) is 161 Å². The summed E-state index contributed by atoms with van der Waals surface area (Å²) in [5, 5.41) is 12.7. The van der Waals surface area contributed by atoms with Crippen LogP contribution in [0.5, 0.6) is 0 Å². The zero-order valence-corrected chi connectivity index (χ0v) is 29.4. The zero-order chi connectivity index (χ0) is 35.8. The van der Waals surface area contributed by atoms with Gasteiger partial charge in [-0.1, -0.05) is 45.9 Å². The second-order valence-corrected chi connectivity index (χ2v) is 14.3. The number of carbonyl (C=O) groups is 5. The fourth-order valence-electron chi connectivity index (χ4n) is 7.83. The number of aliphatic hydroxyl groups is 1. The number of hydrogen-bond donors (Lipinski definition) is 1. The van der Waals surface area contributed by atoms with Crippen LogP contribution >= 0.6 is 0 Å². The lowest BCUT2D eigenvalue weighted by Gasteiger charge is -2.65. The van der Waals surface area contributed by atoms with Crippen molar-refractivity contribution in [2.24, 2.45) is 23.2 Å². The maximum atomic E-state index is 13.8. The first-order valence-electron chi connectivity index (χ1n) is 16.8. The molecule has 10 atom stereocenters. The third-order valence-electron chi connectivity index (χ3n) is 10.7. The minimum absolute atomic E-state index is 0.00791. The molecule has 1 N–H and O–H groups in total. The van der Waals surface area contributed by atoms with Crippen molar-refractivity contribution in [3.63, 3.8) is 0 Å². The fourth-order valence-corrected chi connectivity index (χ4v) is 7.83. The molecule has 2 bridgehead atoms. The van der Waals surface area contributed by atoms with Gasteiger partial charge in [0.05, 0.1) is 28.6 Å². The van der Waals surface area contributed by atoms with Crippen LogP contribution in [-0.2, 0) is 47.6 Å². The highest BCUT2D eigenvalue weighted by molar-refractivity contribution is 5.89. The fraction of sp³-hybridized carbons (Fsp3) is 0.694. The maximum absolute atomic E-state index is 13.8. The zero-order valence-electron chi connectivity index (χ0n) is 29.4. The predicted octanol–water partition coefficient (Wildman–Crippen LogP) is 4.33. The highest BCUT2D eigenvalue weighted by Crippen LogP contribution is 2.69. The van der Waals surface area contributed by atoms with E-state index in [0.29, 0.717) is 12.8 Å². The third-order valence-corrected chi connectivity index (χ3v) is 10.7. The molecule has 1 aromatic carbocycles. The molecular weight excluding hydrogens is 624 g/mol. The van der Waals surface area contributed by atoms with E-state index in [-0.39, 0.29) is 18.4 Å². The van der Waals surface area contributed by atoms with Crippen LogP contribution in [-0.4, -0.2) is 82.8 Å². The van der Waals surface area contributed by atoms with Gasteiger partial charge in [0.25, 0.3) is 0 Å².